The maximum atomic E-state index is 13.0. The highest BCUT2D eigenvalue weighted by Gasteiger charge is 2.25. The lowest BCUT2D eigenvalue weighted by Crippen LogP contribution is -2.48. The van der Waals surface area contributed by atoms with E-state index in [1.807, 2.05) is 60.0 Å². The van der Waals surface area contributed by atoms with Crippen molar-refractivity contribution in [3.05, 3.63) is 65.5 Å². The van der Waals surface area contributed by atoms with Gasteiger partial charge in [-0.3, -0.25) is 4.79 Å². The van der Waals surface area contributed by atoms with Gasteiger partial charge in [-0.2, -0.15) is 0 Å². The first-order valence-corrected chi connectivity index (χ1v) is 11.6. The average molecular weight is 484 g/mol. The van der Waals surface area contributed by atoms with Gasteiger partial charge in [-0.25, -0.2) is 9.78 Å². The van der Waals surface area contributed by atoms with E-state index in [0.717, 1.165) is 22.6 Å². The molecular weight excluding hydrogens is 454 g/mol. The van der Waals surface area contributed by atoms with Crippen LogP contribution in [-0.2, 0) is 20.9 Å². The van der Waals surface area contributed by atoms with E-state index < -0.39 is 23.6 Å². The van der Waals surface area contributed by atoms with Gasteiger partial charge < -0.3 is 24.8 Å². The number of thiazole rings is 1. The molecular formula is C25H29N3O5S. The molecule has 0 aliphatic carbocycles. The van der Waals surface area contributed by atoms with Crippen molar-refractivity contribution >= 4 is 28.5 Å². The number of anilines is 1. The zero-order chi connectivity index (χ0) is 24.6. The van der Waals surface area contributed by atoms with Crippen molar-refractivity contribution in [2.75, 3.05) is 19.0 Å². The average Bonchev–Trinajstić information content (AvgIpc) is 3.26. The van der Waals surface area contributed by atoms with Crippen LogP contribution in [0.4, 0.5) is 9.93 Å². The number of hydrogen-bond acceptors (Lipinski definition) is 7. The lowest BCUT2D eigenvalue weighted by atomic mass is 10.2. The van der Waals surface area contributed by atoms with Gasteiger partial charge in [0.05, 0.1) is 26.0 Å². The summed E-state index contributed by atoms with van der Waals surface area (Å²) < 4.78 is 16.2. The highest BCUT2D eigenvalue weighted by molar-refractivity contribution is 7.14. The molecule has 1 atom stereocenters. The van der Waals surface area contributed by atoms with Crippen LogP contribution in [0.3, 0.4) is 0 Å². The Balaban J connectivity index is 1.65. The molecule has 2 aromatic carbocycles. The van der Waals surface area contributed by atoms with Crippen LogP contribution in [0, 0.1) is 0 Å². The van der Waals surface area contributed by atoms with Crippen molar-refractivity contribution in [3.8, 4) is 17.0 Å². The number of aromatic nitrogens is 1. The monoisotopic (exact) mass is 483 g/mol. The van der Waals surface area contributed by atoms with Crippen LogP contribution in [-0.4, -0.2) is 42.3 Å². The molecule has 3 aromatic rings. The molecule has 3 rings (SSSR count). The molecule has 0 fully saturated rings. The van der Waals surface area contributed by atoms with Crippen molar-refractivity contribution in [1.82, 2.24) is 10.3 Å². The number of carbonyl (C=O) groups is 2. The van der Waals surface area contributed by atoms with E-state index in [0.29, 0.717) is 11.7 Å². The Morgan fingerprint density at radius 2 is 1.76 bits per heavy atom. The molecule has 34 heavy (non-hydrogen) atoms. The number of carbonyl (C=O) groups excluding carboxylic acids is 2. The van der Waals surface area contributed by atoms with Crippen LogP contribution >= 0.6 is 11.3 Å². The number of rotatable bonds is 9. The van der Waals surface area contributed by atoms with Crippen molar-refractivity contribution in [1.29, 1.82) is 0 Å². The van der Waals surface area contributed by atoms with Crippen molar-refractivity contribution in [2.45, 2.75) is 39.0 Å². The Hall–Kier alpha value is -3.43. The molecule has 0 spiro atoms. The molecule has 0 aliphatic rings. The fourth-order valence-corrected chi connectivity index (χ4v) is 3.64. The number of ether oxygens (including phenoxy) is 3. The van der Waals surface area contributed by atoms with Gasteiger partial charge in [0.15, 0.2) is 5.13 Å². The molecule has 0 bridgehead atoms. The molecule has 0 radical (unpaired) electrons. The minimum atomic E-state index is -0.966. The largest absolute Gasteiger partial charge is 0.497 e. The molecule has 2 amide bonds. The lowest BCUT2D eigenvalue weighted by molar-refractivity contribution is -0.119. The van der Waals surface area contributed by atoms with E-state index in [1.54, 1.807) is 27.9 Å². The van der Waals surface area contributed by atoms with E-state index >= 15 is 0 Å². The second kappa shape index (κ2) is 11.6. The lowest BCUT2D eigenvalue weighted by Gasteiger charge is -2.23. The summed E-state index contributed by atoms with van der Waals surface area (Å²) in [6.07, 6.45) is -0.700. The predicted octanol–water partition coefficient (Wildman–Crippen LogP) is 4.87. The van der Waals surface area contributed by atoms with Gasteiger partial charge in [0, 0.05) is 10.9 Å². The Labute approximate surface area is 203 Å². The van der Waals surface area contributed by atoms with Gasteiger partial charge >= 0.3 is 6.09 Å². The fraction of sp³-hybridized carbons (Fsp3) is 0.320. The van der Waals surface area contributed by atoms with Crippen LogP contribution in [0.5, 0.6) is 5.75 Å². The summed E-state index contributed by atoms with van der Waals surface area (Å²) in [6.45, 7) is 5.54. The van der Waals surface area contributed by atoms with E-state index in [9.17, 15) is 9.59 Å². The Morgan fingerprint density at radius 3 is 2.41 bits per heavy atom. The molecule has 1 aromatic heterocycles. The highest BCUT2D eigenvalue weighted by atomic mass is 32.1. The fourth-order valence-electron chi connectivity index (χ4n) is 2.92. The number of alkyl carbamates (subject to hydrolysis) is 1. The zero-order valence-electron chi connectivity index (χ0n) is 19.7. The van der Waals surface area contributed by atoms with Gasteiger partial charge in [-0.05, 0) is 50.6 Å². The summed E-state index contributed by atoms with van der Waals surface area (Å²) in [5.41, 5.74) is 1.88. The molecule has 0 aliphatic heterocycles. The number of amides is 2. The summed E-state index contributed by atoms with van der Waals surface area (Å²) in [7, 11) is 1.61. The number of nitrogens with zero attached hydrogens (tertiary/aromatic N) is 1. The Morgan fingerprint density at radius 1 is 1.06 bits per heavy atom. The summed E-state index contributed by atoms with van der Waals surface area (Å²) in [5, 5.41) is 7.62. The number of nitrogens with one attached hydrogen (secondary N) is 2. The van der Waals surface area contributed by atoms with Gasteiger partial charge in [0.25, 0.3) is 5.91 Å². The minimum absolute atomic E-state index is 0.0311. The molecule has 0 saturated heterocycles. The van der Waals surface area contributed by atoms with E-state index in [4.69, 9.17) is 14.2 Å². The van der Waals surface area contributed by atoms with Crippen LogP contribution in [0.15, 0.2) is 60.0 Å². The summed E-state index contributed by atoms with van der Waals surface area (Å²) in [6, 6.07) is 16.1. The second-order valence-electron chi connectivity index (χ2n) is 8.46. The molecule has 180 valence electrons. The van der Waals surface area contributed by atoms with Gasteiger partial charge in [-0.15, -0.1) is 11.3 Å². The highest BCUT2D eigenvalue weighted by Crippen LogP contribution is 2.26. The first kappa shape index (κ1) is 25.2. The smallest absolute Gasteiger partial charge is 0.408 e. The molecule has 2 N–H and O–H groups in total. The quantitative estimate of drug-likeness (QED) is 0.451. The maximum absolute atomic E-state index is 13.0. The van der Waals surface area contributed by atoms with Crippen molar-refractivity contribution in [3.63, 3.8) is 0 Å². The van der Waals surface area contributed by atoms with E-state index in [1.165, 1.54) is 11.3 Å². The Kier molecular flexibility index (Phi) is 8.61. The first-order valence-electron chi connectivity index (χ1n) is 10.8. The maximum Gasteiger partial charge on any atom is 0.408 e. The predicted molar refractivity (Wildman–Crippen MR) is 132 cm³/mol. The normalized spacial score (nSPS) is 12.0. The Bertz CT molecular complexity index is 1080. The van der Waals surface area contributed by atoms with E-state index in [-0.39, 0.29) is 6.61 Å². The third kappa shape index (κ3) is 7.86. The zero-order valence-corrected chi connectivity index (χ0v) is 20.5. The summed E-state index contributed by atoms with van der Waals surface area (Å²) in [5.74, 6) is 0.300. The van der Waals surface area contributed by atoms with E-state index in [2.05, 4.69) is 15.6 Å². The van der Waals surface area contributed by atoms with Crippen LogP contribution < -0.4 is 15.4 Å². The summed E-state index contributed by atoms with van der Waals surface area (Å²) >= 11 is 1.29. The molecule has 0 unspecified atom stereocenters. The molecule has 9 heteroatoms. The number of hydrogen-bond donors (Lipinski definition) is 2. The molecule has 0 saturated carbocycles. The van der Waals surface area contributed by atoms with Gasteiger partial charge in [0.2, 0.25) is 0 Å². The van der Waals surface area contributed by atoms with Crippen LogP contribution in [0.1, 0.15) is 26.3 Å². The molecule has 8 nitrogen and oxygen atoms in total. The second-order valence-corrected chi connectivity index (χ2v) is 9.31. The number of benzene rings is 2. The topological polar surface area (TPSA) is 98.8 Å². The summed E-state index contributed by atoms with van der Waals surface area (Å²) in [4.78, 5) is 29.8. The standard InChI is InChI=1S/C25H29N3O5S/c1-25(2,3)33-24(30)27-20(15-32-14-17-8-6-5-7-9-17)22(29)28-23-26-21(16-34-23)18-10-12-19(31-4)13-11-18/h5-13,16,20H,14-15H2,1-4H3,(H,27,30)(H,26,28,29)/t20-/m0/s1. The molecule has 1 heterocycles. The van der Waals surface area contributed by atoms with Crippen molar-refractivity contribution < 1.29 is 23.8 Å². The van der Waals surface area contributed by atoms with Gasteiger partial charge in [-0.1, -0.05) is 30.3 Å². The third-order valence-corrected chi connectivity index (χ3v) is 5.28. The number of methoxy groups -OCH3 is 1. The SMILES string of the molecule is COc1ccc(-c2csc(NC(=O)[C@H](COCc3ccccc3)NC(=O)OC(C)(C)C)n2)cc1. The van der Waals surface area contributed by atoms with Gasteiger partial charge in [0.1, 0.15) is 17.4 Å². The van der Waals surface area contributed by atoms with Crippen LogP contribution in [0.25, 0.3) is 11.3 Å². The van der Waals surface area contributed by atoms with Crippen molar-refractivity contribution in [2.24, 2.45) is 0 Å². The minimum Gasteiger partial charge on any atom is -0.497 e. The third-order valence-electron chi connectivity index (χ3n) is 4.52. The first-order chi connectivity index (χ1) is 16.2. The van der Waals surface area contributed by atoms with Crippen LogP contribution in [0.2, 0.25) is 0 Å².